The van der Waals surface area contributed by atoms with Gasteiger partial charge in [-0.2, -0.15) is 0 Å². The van der Waals surface area contributed by atoms with Crippen molar-refractivity contribution in [3.05, 3.63) is 99.0 Å². The van der Waals surface area contributed by atoms with Crippen molar-refractivity contribution >= 4 is 58.3 Å². The molecule has 3 aromatic carbocycles. The first-order chi connectivity index (χ1) is 18.6. The highest BCUT2D eigenvalue weighted by atomic mass is 35.5. The maximum atomic E-state index is 14.3. The molecule has 8 nitrogen and oxygen atoms in total. The van der Waals surface area contributed by atoms with Crippen LogP contribution in [0.4, 0.5) is 11.4 Å². The number of nitrogen functional groups attached to an aromatic ring is 1. The summed E-state index contributed by atoms with van der Waals surface area (Å²) in [6.45, 7) is 1.88. The first-order valence-corrected chi connectivity index (χ1v) is 12.9. The van der Waals surface area contributed by atoms with Crippen molar-refractivity contribution in [2.75, 3.05) is 17.2 Å². The minimum Gasteiger partial charge on any atom is -0.477 e. The Morgan fingerprint density at radius 1 is 1.03 bits per heavy atom. The van der Waals surface area contributed by atoms with E-state index in [0.29, 0.717) is 27.0 Å². The van der Waals surface area contributed by atoms with Crippen LogP contribution in [0.3, 0.4) is 0 Å². The summed E-state index contributed by atoms with van der Waals surface area (Å²) in [5, 5.41) is 10.2. The lowest BCUT2D eigenvalue weighted by Crippen LogP contribution is -2.44. The molecule has 1 heterocycles. The third-order valence-electron chi connectivity index (χ3n) is 6.70. The Bertz CT molecular complexity index is 1470. The highest BCUT2D eigenvalue weighted by Gasteiger charge is 2.43. The van der Waals surface area contributed by atoms with E-state index in [1.54, 1.807) is 60.7 Å². The van der Waals surface area contributed by atoms with E-state index in [1.165, 1.54) is 21.8 Å². The van der Waals surface area contributed by atoms with Crippen LogP contribution in [0.5, 0.6) is 0 Å². The van der Waals surface area contributed by atoms with Crippen LogP contribution in [-0.2, 0) is 14.4 Å². The van der Waals surface area contributed by atoms with Gasteiger partial charge in [-0.1, -0.05) is 47.5 Å². The Labute approximate surface area is 235 Å². The summed E-state index contributed by atoms with van der Waals surface area (Å²) in [5.41, 5.74) is 7.87. The summed E-state index contributed by atoms with van der Waals surface area (Å²) in [7, 11) is 0. The van der Waals surface area contributed by atoms with Crippen molar-refractivity contribution in [2.24, 2.45) is 0 Å². The fourth-order valence-electron chi connectivity index (χ4n) is 4.70. The Morgan fingerprint density at radius 3 is 2.23 bits per heavy atom. The van der Waals surface area contributed by atoms with E-state index in [-0.39, 0.29) is 24.9 Å². The molecule has 4 rings (SSSR count). The summed E-state index contributed by atoms with van der Waals surface area (Å²) in [5.74, 6) is -0.729. The molecule has 2 atom stereocenters. The lowest BCUT2D eigenvalue weighted by Gasteiger charge is -2.36. The number of anilines is 2. The summed E-state index contributed by atoms with van der Waals surface area (Å²) in [4.78, 5) is 53.9. The number of carboxylic acids is 1. The van der Waals surface area contributed by atoms with Gasteiger partial charge in [0, 0.05) is 22.3 Å². The molecule has 39 heavy (non-hydrogen) atoms. The number of aliphatic carboxylic acids is 1. The smallest absolute Gasteiger partial charge is 0.342 e. The maximum Gasteiger partial charge on any atom is 0.342 e. The number of benzene rings is 3. The number of nitrogens with zero attached hydrogens (tertiary/aromatic N) is 2. The summed E-state index contributed by atoms with van der Waals surface area (Å²) < 4.78 is 0. The molecular weight excluding hydrogens is 541 g/mol. The number of nitrogens with two attached hydrogens (primary N) is 1. The summed E-state index contributed by atoms with van der Waals surface area (Å²) >= 11 is 12.2. The number of hydrogen-bond acceptors (Lipinski definition) is 5. The number of carbonyl (C=O) groups is 3. The minimum absolute atomic E-state index is 0.0503. The van der Waals surface area contributed by atoms with Gasteiger partial charge in [-0.25, -0.2) is 9.59 Å². The molecular formula is C29H25Cl2N3O5. The van der Waals surface area contributed by atoms with Gasteiger partial charge in [0.25, 0.3) is 11.8 Å². The first-order valence-electron chi connectivity index (χ1n) is 12.1. The van der Waals surface area contributed by atoms with E-state index in [0.717, 1.165) is 5.56 Å². The van der Waals surface area contributed by atoms with E-state index in [4.69, 9.17) is 28.9 Å². The zero-order valence-electron chi connectivity index (χ0n) is 20.9. The van der Waals surface area contributed by atoms with E-state index in [2.05, 4.69) is 0 Å². The second-order valence-corrected chi connectivity index (χ2v) is 10.0. The number of rotatable bonds is 8. The number of hydrogen-bond donors (Lipinski definition) is 2. The van der Waals surface area contributed by atoms with Crippen LogP contribution in [0.15, 0.2) is 72.3 Å². The Balaban J connectivity index is 1.86. The van der Waals surface area contributed by atoms with Gasteiger partial charge in [-0.3, -0.25) is 9.59 Å². The molecule has 10 heteroatoms. The van der Waals surface area contributed by atoms with E-state index >= 15 is 0 Å². The molecule has 200 valence electrons. The van der Waals surface area contributed by atoms with Crippen molar-refractivity contribution in [3.63, 3.8) is 0 Å². The molecule has 1 unspecified atom stereocenters. The summed E-state index contributed by atoms with van der Waals surface area (Å²) in [6, 6.07) is 16.8. The highest BCUT2D eigenvalue weighted by molar-refractivity contribution is 6.30. The van der Waals surface area contributed by atoms with Crippen LogP contribution in [0.25, 0.3) is 0 Å². The number of fused-ring (bicyclic) bond motifs is 1. The number of amides is 2. The molecule has 0 aromatic heterocycles. The predicted octanol–water partition coefficient (Wildman–Crippen LogP) is 5.49. The van der Waals surface area contributed by atoms with E-state index in [9.17, 15) is 24.3 Å². The largest absolute Gasteiger partial charge is 0.477 e. The average molecular weight is 566 g/mol. The molecule has 1 aliphatic rings. The number of carboxylic acid groups (broad SMARTS) is 1. The van der Waals surface area contributed by atoms with Crippen LogP contribution in [0.1, 0.15) is 53.3 Å². The van der Waals surface area contributed by atoms with Crippen molar-refractivity contribution in [1.29, 1.82) is 0 Å². The quantitative estimate of drug-likeness (QED) is 0.211. The number of halogens is 2. The second kappa shape index (κ2) is 11.7. The first kappa shape index (κ1) is 27.9. The average Bonchev–Trinajstić information content (AvgIpc) is 3.00. The van der Waals surface area contributed by atoms with Gasteiger partial charge >= 0.3 is 5.97 Å². The van der Waals surface area contributed by atoms with Crippen LogP contribution in [0, 0.1) is 0 Å². The van der Waals surface area contributed by atoms with Gasteiger partial charge in [0.1, 0.15) is 17.6 Å². The predicted molar refractivity (Wildman–Crippen MR) is 150 cm³/mol. The molecule has 2 amide bonds. The fourth-order valence-corrected chi connectivity index (χ4v) is 4.95. The zero-order chi connectivity index (χ0) is 28.3. The van der Waals surface area contributed by atoms with Crippen LogP contribution in [0.2, 0.25) is 10.0 Å². The van der Waals surface area contributed by atoms with Gasteiger partial charge in [0.15, 0.2) is 0 Å². The molecule has 0 aliphatic carbocycles. The topological polar surface area (TPSA) is 121 Å². The van der Waals surface area contributed by atoms with Crippen molar-refractivity contribution in [3.8, 4) is 0 Å². The maximum absolute atomic E-state index is 14.3. The molecule has 0 fully saturated rings. The normalized spacial score (nSPS) is 15.8. The fraction of sp³-hybridized carbons (Fsp3) is 0.207. The lowest BCUT2D eigenvalue weighted by atomic mass is 9.98. The van der Waals surface area contributed by atoms with Crippen LogP contribution < -0.4 is 10.6 Å². The minimum atomic E-state index is -1.36. The Hall–Kier alpha value is -4.10. The number of carbonyl (C=O) groups excluding carboxylic acids is 3. The highest BCUT2D eigenvalue weighted by Crippen LogP contribution is 2.40. The van der Waals surface area contributed by atoms with Gasteiger partial charge in [0.2, 0.25) is 0 Å². The van der Waals surface area contributed by atoms with Gasteiger partial charge in [-0.15, -0.1) is 0 Å². The molecule has 0 spiro atoms. The Kier molecular flexibility index (Phi) is 8.41. The van der Waals surface area contributed by atoms with Crippen LogP contribution in [-0.4, -0.2) is 40.3 Å². The van der Waals surface area contributed by atoms with Gasteiger partial charge in [0.05, 0.1) is 17.3 Å². The van der Waals surface area contributed by atoms with Crippen LogP contribution >= 0.6 is 23.2 Å². The lowest BCUT2D eigenvalue weighted by molar-refractivity contribution is -0.132. The molecule has 0 saturated carbocycles. The molecule has 3 aromatic rings. The third-order valence-corrected chi connectivity index (χ3v) is 7.20. The van der Waals surface area contributed by atoms with E-state index < -0.39 is 35.4 Å². The summed E-state index contributed by atoms with van der Waals surface area (Å²) in [6.07, 6.45) is 0.0536. The van der Waals surface area contributed by atoms with E-state index in [1.807, 2.05) is 6.92 Å². The van der Waals surface area contributed by atoms with Gasteiger partial charge < -0.3 is 20.6 Å². The third kappa shape index (κ3) is 5.83. The molecule has 0 radical (unpaired) electrons. The molecule has 3 N–H and O–H groups in total. The molecule has 0 bridgehead atoms. The van der Waals surface area contributed by atoms with Gasteiger partial charge in [-0.05, 0) is 73.4 Å². The molecule has 0 saturated heterocycles. The zero-order valence-corrected chi connectivity index (χ0v) is 22.4. The monoisotopic (exact) mass is 565 g/mol. The Morgan fingerprint density at radius 2 is 1.64 bits per heavy atom. The standard InChI is InChI=1S/C29H25Cl2N3O5/c1-17(18-4-8-21(30)9-5-18)34-26(19-6-10-22(31)11-7-19)28(37)33(14-2-3-20(16-35)29(38)39)25-13-12-23(32)15-24(25)27(34)36/h4-13,15,17,26H,2-3,14,32H2,1H3,(H,38,39)/t17?,26-/m0/s1. The van der Waals surface area contributed by atoms with Crippen molar-refractivity contribution in [1.82, 2.24) is 4.90 Å². The van der Waals surface area contributed by atoms with Crippen molar-refractivity contribution < 1.29 is 24.3 Å². The molecule has 1 aliphatic heterocycles. The second-order valence-electron chi connectivity index (χ2n) is 9.15. The van der Waals surface area contributed by atoms with Crippen molar-refractivity contribution in [2.45, 2.75) is 31.8 Å². The SMILES string of the molecule is CC(c1ccc(Cl)cc1)N1C(=O)c2cc(N)ccc2N(CCCC(=C=O)C(=O)O)C(=O)[C@@H]1c1ccc(Cl)cc1.